The Bertz CT molecular complexity index is 1710. The first kappa shape index (κ1) is 31.3. The average Bonchev–Trinajstić information content (AvgIpc) is 3.59. The summed E-state index contributed by atoms with van der Waals surface area (Å²) in [5, 5.41) is 25.3. The van der Waals surface area contributed by atoms with Crippen LogP contribution in [0.4, 0.5) is 5.82 Å². The van der Waals surface area contributed by atoms with Gasteiger partial charge >= 0.3 is 13.7 Å². The molecule has 0 bridgehead atoms. The first-order valence-electron chi connectivity index (χ1n) is 14.9. The van der Waals surface area contributed by atoms with Gasteiger partial charge in [0, 0.05) is 11.6 Å². The lowest BCUT2D eigenvalue weighted by Gasteiger charge is -2.29. The summed E-state index contributed by atoms with van der Waals surface area (Å²) >= 11 is 0. The van der Waals surface area contributed by atoms with Crippen molar-refractivity contribution in [3.05, 3.63) is 49.2 Å². The molecule has 1 saturated carbocycles. The van der Waals surface area contributed by atoms with Gasteiger partial charge in [0.05, 0.1) is 17.9 Å². The Kier molecular flexibility index (Phi) is 9.00. The van der Waals surface area contributed by atoms with Crippen LogP contribution in [0.15, 0.2) is 49.2 Å². The molecule has 16 heteroatoms. The van der Waals surface area contributed by atoms with Gasteiger partial charge in [-0.05, 0) is 63.8 Å². The van der Waals surface area contributed by atoms with Crippen LogP contribution < -0.4 is 15.3 Å². The van der Waals surface area contributed by atoms with Crippen LogP contribution in [-0.2, 0) is 23.4 Å². The summed E-state index contributed by atoms with van der Waals surface area (Å²) in [6, 6.07) is 7.46. The van der Waals surface area contributed by atoms with E-state index in [4.69, 9.17) is 24.3 Å². The molecule has 0 spiro atoms. The predicted octanol–water partition coefficient (Wildman–Crippen LogP) is 3.02. The quantitative estimate of drug-likeness (QED) is 0.145. The SMILES string of the molecule is C[C@H](NP(=O)(Oc1cccc2ncccc12)O[C@@H](C)[C@H]1O[C@@H](n2cnc3c(N)ncnc32)[C@H](O)[C@@H]1O)C(=O)OC1CCCCC1. The Hall–Kier alpha value is -3.72. The Morgan fingerprint density at radius 1 is 1.09 bits per heavy atom. The van der Waals surface area contributed by atoms with Gasteiger partial charge in [-0.15, -0.1) is 0 Å². The van der Waals surface area contributed by atoms with Gasteiger partial charge in [-0.25, -0.2) is 19.5 Å². The molecule has 5 N–H and O–H groups in total. The smallest absolute Gasteiger partial charge is 0.459 e. The number of aromatic nitrogens is 5. The number of hydrogen-bond acceptors (Lipinski definition) is 13. The largest absolute Gasteiger partial charge is 0.461 e. The van der Waals surface area contributed by atoms with Crippen molar-refractivity contribution in [3.8, 4) is 5.75 Å². The van der Waals surface area contributed by atoms with Crippen molar-refractivity contribution in [2.45, 2.75) is 88.7 Å². The second kappa shape index (κ2) is 12.9. The molecule has 4 heterocycles. The molecule has 1 aliphatic carbocycles. The highest BCUT2D eigenvalue weighted by Gasteiger charge is 2.49. The van der Waals surface area contributed by atoms with E-state index in [0.29, 0.717) is 22.1 Å². The van der Waals surface area contributed by atoms with E-state index < -0.39 is 50.4 Å². The highest BCUT2D eigenvalue weighted by molar-refractivity contribution is 7.52. The number of aliphatic hydroxyl groups is 2. The number of aliphatic hydroxyl groups excluding tert-OH is 2. The summed E-state index contributed by atoms with van der Waals surface area (Å²) in [6.45, 7) is 3.03. The summed E-state index contributed by atoms with van der Waals surface area (Å²) < 4.78 is 39.7. The van der Waals surface area contributed by atoms with Gasteiger partial charge in [0.2, 0.25) is 0 Å². The van der Waals surface area contributed by atoms with E-state index in [1.54, 1.807) is 36.5 Å². The minimum atomic E-state index is -4.40. The molecule has 2 fully saturated rings. The van der Waals surface area contributed by atoms with Gasteiger partial charge in [0.25, 0.3) is 0 Å². The number of nitrogens with zero attached hydrogens (tertiary/aromatic N) is 5. The summed E-state index contributed by atoms with van der Waals surface area (Å²) in [4.78, 5) is 29.7. The van der Waals surface area contributed by atoms with Crippen LogP contribution in [0, 0.1) is 0 Å². The number of ether oxygens (including phenoxy) is 2. The maximum Gasteiger partial charge on any atom is 0.459 e. The molecule has 1 aliphatic heterocycles. The van der Waals surface area contributed by atoms with Gasteiger partial charge < -0.3 is 29.9 Å². The van der Waals surface area contributed by atoms with E-state index in [1.807, 2.05) is 0 Å². The van der Waals surface area contributed by atoms with Crippen molar-refractivity contribution in [3.63, 3.8) is 0 Å². The third kappa shape index (κ3) is 6.50. The zero-order chi connectivity index (χ0) is 31.7. The molecule has 240 valence electrons. The third-order valence-corrected chi connectivity index (χ3v) is 9.82. The zero-order valence-corrected chi connectivity index (χ0v) is 25.7. The van der Waals surface area contributed by atoms with Crippen molar-refractivity contribution in [1.82, 2.24) is 29.6 Å². The second-order valence-electron chi connectivity index (χ2n) is 11.3. The molecule has 7 atom stereocenters. The molecule has 6 rings (SSSR count). The van der Waals surface area contributed by atoms with Crippen LogP contribution >= 0.6 is 7.75 Å². The first-order chi connectivity index (χ1) is 21.6. The summed E-state index contributed by atoms with van der Waals surface area (Å²) in [5.41, 5.74) is 7.08. The van der Waals surface area contributed by atoms with Gasteiger partial charge in [-0.3, -0.25) is 18.9 Å². The predicted molar refractivity (Wildman–Crippen MR) is 162 cm³/mol. The monoisotopic (exact) mass is 641 g/mol. The molecule has 15 nitrogen and oxygen atoms in total. The number of nitrogen functional groups attached to an aromatic ring is 1. The number of carbonyl (C=O) groups excluding carboxylic acids is 1. The molecule has 4 aromatic rings. The number of imidazole rings is 1. The molecule has 0 radical (unpaired) electrons. The fraction of sp³-hybridized carbons (Fsp3) is 0.483. The maximum atomic E-state index is 14.5. The molecule has 2 aliphatic rings. The summed E-state index contributed by atoms with van der Waals surface area (Å²) in [5.74, 6) is -0.254. The minimum Gasteiger partial charge on any atom is -0.461 e. The molecule has 45 heavy (non-hydrogen) atoms. The molecular formula is C29H36N7O8P. The first-order valence-corrected chi connectivity index (χ1v) is 16.4. The second-order valence-corrected chi connectivity index (χ2v) is 13.0. The molecule has 1 saturated heterocycles. The molecule has 3 aromatic heterocycles. The Balaban J connectivity index is 1.24. The highest BCUT2D eigenvalue weighted by Crippen LogP contribution is 2.49. The number of nitrogens with one attached hydrogen (secondary N) is 1. The maximum absolute atomic E-state index is 14.5. The lowest BCUT2D eigenvalue weighted by molar-refractivity contribution is -0.152. The van der Waals surface area contributed by atoms with Crippen molar-refractivity contribution < 1.29 is 38.1 Å². The van der Waals surface area contributed by atoms with E-state index in [2.05, 4.69) is 25.0 Å². The van der Waals surface area contributed by atoms with Crippen LogP contribution in [0.5, 0.6) is 5.75 Å². The van der Waals surface area contributed by atoms with Crippen LogP contribution in [0.2, 0.25) is 0 Å². The average molecular weight is 642 g/mol. The van der Waals surface area contributed by atoms with Crippen molar-refractivity contribution in [2.75, 3.05) is 5.73 Å². The molecule has 1 unspecified atom stereocenters. The number of esters is 1. The number of hydrogen-bond donors (Lipinski definition) is 4. The number of carbonyl (C=O) groups is 1. The molecule has 0 amide bonds. The van der Waals surface area contributed by atoms with Crippen LogP contribution in [-0.4, -0.2) is 77.2 Å². The minimum absolute atomic E-state index is 0.143. The van der Waals surface area contributed by atoms with E-state index in [9.17, 15) is 19.6 Å². The lowest BCUT2D eigenvalue weighted by atomic mass is 9.98. The molecule has 1 aromatic carbocycles. The Morgan fingerprint density at radius 2 is 1.89 bits per heavy atom. The number of benzene rings is 1. The number of fused-ring (bicyclic) bond motifs is 2. The number of rotatable bonds is 10. The van der Waals surface area contributed by atoms with E-state index in [1.165, 1.54) is 31.1 Å². The standard InChI is InChI=1S/C29H36N7O8P/c1-16(29(39)41-18-8-4-3-5-9-18)35-45(40,44-21-12-6-11-20-19(21)10-7-13-31-20)43-17(2)25-23(37)24(38)28(42-25)36-15-34-22-26(30)32-14-33-27(22)36/h6-7,10-18,23-25,28,37-38H,3-5,8-9H2,1-2H3,(H,35,40)(H2,30,32,33)/t16-,17-,23-,24+,25+,28+,45?/m0/s1. The highest BCUT2D eigenvalue weighted by atomic mass is 31.2. The van der Waals surface area contributed by atoms with Crippen LogP contribution in [0.25, 0.3) is 22.1 Å². The fourth-order valence-corrected chi connectivity index (χ4v) is 7.45. The Morgan fingerprint density at radius 3 is 2.69 bits per heavy atom. The zero-order valence-electron chi connectivity index (χ0n) is 24.8. The van der Waals surface area contributed by atoms with Crippen molar-refractivity contribution in [2.24, 2.45) is 0 Å². The van der Waals surface area contributed by atoms with Crippen molar-refractivity contribution in [1.29, 1.82) is 0 Å². The normalized spacial score (nSPS) is 25.2. The number of anilines is 1. The number of pyridine rings is 1. The van der Waals surface area contributed by atoms with Crippen LogP contribution in [0.1, 0.15) is 52.2 Å². The third-order valence-electron chi connectivity index (χ3n) is 8.07. The fourth-order valence-electron chi connectivity index (χ4n) is 5.74. The Labute approximate surface area is 258 Å². The van der Waals surface area contributed by atoms with E-state index in [0.717, 1.165) is 32.1 Å². The van der Waals surface area contributed by atoms with Crippen LogP contribution in [0.3, 0.4) is 0 Å². The van der Waals surface area contributed by atoms with E-state index >= 15 is 0 Å². The topological polar surface area (TPSA) is 206 Å². The van der Waals surface area contributed by atoms with E-state index in [-0.39, 0.29) is 17.7 Å². The van der Waals surface area contributed by atoms with Gasteiger partial charge in [0.1, 0.15) is 48.1 Å². The summed E-state index contributed by atoms with van der Waals surface area (Å²) in [6.07, 6.45) is 2.29. The number of nitrogens with two attached hydrogens (primary N) is 1. The molecular weight excluding hydrogens is 605 g/mol. The van der Waals surface area contributed by atoms with Gasteiger partial charge in [-0.2, -0.15) is 5.09 Å². The lowest BCUT2D eigenvalue weighted by Crippen LogP contribution is -2.41. The van der Waals surface area contributed by atoms with Gasteiger partial charge in [0.15, 0.2) is 17.7 Å². The van der Waals surface area contributed by atoms with Gasteiger partial charge in [-0.1, -0.05) is 12.5 Å². The summed E-state index contributed by atoms with van der Waals surface area (Å²) in [7, 11) is -4.40. The van der Waals surface area contributed by atoms with Crippen molar-refractivity contribution >= 4 is 41.6 Å².